The van der Waals surface area contributed by atoms with Gasteiger partial charge in [-0.05, 0) is 72.2 Å². The van der Waals surface area contributed by atoms with Gasteiger partial charge in [0, 0.05) is 61.6 Å². The summed E-state index contributed by atoms with van der Waals surface area (Å²) in [5.74, 6) is -0.156. The molecule has 6 nitrogen and oxygen atoms in total. The number of anilines is 1. The van der Waals surface area contributed by atoms with Crippen molar-refractivity contribution in [2.75, 3.05) is 32.1 Å². The highest BCUT2D eigenvalue weighted by molar-refractivity contribution is 5.96. The monoisotopic (exact) mass is 566 g/mol. The Morgan fingerprint density at radius 2 is 1.57 bits per heavy atom. The number of aromatic nitrogens is 1. The van der Waals surface area contributed by atoms with Crippen LogP contribution in [0.1, 0.15) is 68.1 Å². The largest absolute Gasteiger partial charge is 0.378 e. The number of carbonyl (C=O) groups excluding carboxylic acids is 2. The van der Waals surface area contributed by atoms with Gasteiger partial charge in [-0.15, -0.1) is 0 Å². The first-order valence-corrected chi connectivity index (χ1v) is 15.0. The predicted octanol–water partition coefficient (Wildman–Crippen LogP) is 7.04. The van der Waals surface area contributed by atoms with E-state index in [1.807, 2.05) is 68.5 Å². The normalized spacial score (nSPS) is 12.3. The van der Waals surface area contributed by atoms with Crippen molar-refractivity contribution in [2.45, 2.75) is 65.5 Å². The van der Waals surface area contributed by atoms with E-state index in [1.54, 1.807) is 4.90 Å². The summed E-state index contributed by atoms with van der Waals surface area (Å²) in [6.45, 7) is 11.6. The number of hydrogen-bond acceptors (Lipinski definition) is 3. The lowest BCUT2D eigenvalue weighted by Gasteiger charge is -2.32. The maximum Gasteiger partial charge on any atom is 0.254 e. The van der Waals surface area contributed by atoms with E-state index < -0.39 is 0 Å². The number of nitrogens with one attached hydrogen (secondary N) is 1. The van der Waals surface area contributed by atoms with Crippen molar-refractivity contribution < 1.29 is 9.59 Å². The summed E-state index contributed by atoms with van der Waals surface area (Å²) in [5.41, 5.74) is 6.24. The standard InChI is InChI=1S/C36H46N4O2/c1-8-26(2)40(35(42)28-15-17-30(18-16-28)36(3,4)5)25-34(41)39(24-27-13-19-31(20-14-27)38(6)7)22-21-29-23-37-33-12-10-9-11-32(29)33/h9-20,23,26,37H,8,21-22,24-25H2,1-7H3. The Hall–Kier alpha value is -4.06. The highest BCUT2D eigenvalue weighted by atomic mass is 16.2. The first-order chi connectivity index (χ1) is 20.0. The summed E-state index contributed by atoms with van der Waals surface area (Å²) in [6.07, 6.45) is 3.52. The lowest BCUT2D eigenvalue weighted by molar-refractivity contribution is -0.133. The van der Waals surface area contributed by atoms with Gasteiger partial charge in [-0.1, -0.05) is 70.2 Å². The maximum absolute atomic E-state index is 14.0. The first kappa shape index (κ1) is 30.9. The lowest BCUT2D eigenvalue weighted by Crippen LogP contribution is -2.46. The molecule has 0 saturated heterocycles. The number of fused-ring (bicyclic) bond motifs is 1. The molecule has 0 radical (unpaired) electrons. The van der Waals surface area contributed by atoms with Crippen LogP contribution in [0.2, 0.25) is 0 Å². The molecule has 0 fully saturated rings. The molecule has 42 heavy (non-hydrogen) atoms. The Balaban J connectivity index is 1.57. The second kappa shape index (κ2) is 13.3. The highest BCUT2D eigenvalue weighted by Gasteiger charge is 2.26. The number of nitrogens with zero attached hydrogens (tertiary/aromatic N) is 3. The van der Waals surface area contributed by atoms with Crippen LogP contribution in [0, 0.1) is 0 Å². The van der Waals surface area contributed by atoms with Crippen molar-refractivity contribution in [3.05, 3.63) is 101 Å². The molecule has 1 N–H and O–H groups in total. The van der Waals surface area contributed by atoms with Crippen LogP contribution in [0.5, 0.6) is 0 Å². The van der Waals surface area contributed by atoms with Crippen molar-refractivity contribution in [1.29, 1.82) is 0 Å². The predicted molar refractivity (Wildman–Crippen MR) is 174 cm³/mol. The van der Waals surface area contributed by atoms with Crippen LogP contribution >= 0.6 is 0 Å². The van der Waals surface area contributed by atoms with Gasteiger partial charge in [-0.25, -0.2) is 0 Å². The minimum absolute atomic E-state index is 0.00395. The van der Waals surface area contributed by atoms with Crippen LogP contribution in [-0.4, -0.2) is 59.8 Å². The van der Waals surface area contributed by atoms with Crippen molar-refractivity contribution in [1.82, 2.24) is 14.8 Å². The molecule has 3 aromatic carbocycles. The van der Waals surface area contributed by atoms with Crippen LogP contribution in [0.25, 0.3) is 10.9 Å². The third-order valence-corrected chi connectivity index (χ3v) is 8.19. The summed E-state index contributed by atoms with van der Waals surface area (Å²) < 4.78 is 0. The van der Waals surface area contributed by atoms with Crippen molar-refractivity contribution in [2.24, 2.45) is 0 Å². The molecule has 0 bridgehead atoms. The van der Waals surface area contributed by atoms with Gasteiger partial charge in [-0.2, -0.15) is 0 Å². The molecule has 1 unspecified atom stereocenters. The summed E-state index contributed by atoms with van der Waals surface area (Å²) in [7, 11) is 4.03. The van der Waals surface area contributed by atoms with E-state index in [2.05, 4.69) is 74.0 Å². The Morgan fingerprint density at radius 3 is 2.19 bits per heavy atom. The van der Waals surface area contributed by atoms with E-state index in [0.717, 1.165) is 29.6 Å². The second-order valence-corrected chi connectivity index (χ2v) is 12.5. The van der Waals surface area contributed by atoms with Crippen molar-refractivity contribution >= 4 is 28.4 Å². The third kappa shape index (κ3) is 7.41. The number of aromatic amines is 1. The molecule has 1 aromatic heterocycles. The van der Waals surface area contributed by atoms with Crippen LogP contribution in [0.3, 0.4) is 0 Å². The first-order valence-electron chi connectivity index (χ1n) is 15.0. The number of hydrogen-bond donors (Lipinski definition) is 1. The average Bonchev–Trinajstić information content (AvgIpc) is 3.40. The van der Waals surface area contributed by atoms with E-state index in [-0.39, 0.29) is 29.8 Å². The zero-order chi connectivity index (χ0) is 30.4. The molecule has 222 valence electrons. The molecule has 0 aliphatic heterocycles. The van der Waals surface area contributed by atoms with E-state index in [1.165, 1.54) is 16.5 Å². The van der Waals surface area contributed by atoms with Gasteiger partial charge in [0.05, 0.1) is 0 Å². The third-order valence-electron chi connectivity index (χ3n) is 8.19. The minimum atomic E-state index is -0.106. The summed E-state index contributed by atoms with van der Waals surface area (Å²) >= 11 is 0. The highest BCUT2D eigenvalue weighted by Crippen LogP contribution is 2.24. The van der Waals surface area contributed by atoms with Crippen LogP contribution in [0.4, 0.5) is 5.69 Å². The van der Waals surface area contributed by atoms with Gasteiger partial charge in [-0.3, -0.25) is 9.59 Å². The van der Waals surface area contributed by atoms with E-state index in [4.69, 9.17) is 0 Å². The van der Waals surface area contributed by atoms with Gasteiger partial charge in [0.25, 0.3) is 5.91 Å². The summed E-state index contributed by atoms with van der Waals surface area (Å²) in [6, 6.07) is 24.3. The van der Waals surface area contributed by atoms with Gasteiger partial charge in [0.2, 0.25) is 5.91 Å². The van der Waals surface area contributed by atoms with Gasteiger partial charge < -0.3 is 19.7 Å². The van der Waals surface area contributed by atoms with E-state index in [9.17, 15) is 9.59 Å². The fraction of sp³-hybridized carbons (Fsp3) is 0.389. The van der Waals surface area contributed by atoms with Crippen LogP contribution in [-0.2, 0) is 23.2 Å². The molecule has 2 amide bonds. The topological polar surface area (TPSA) is 59.7 Å². The molecule has 0 spiro atoms. The molecular weight excluding hydrogens is 520 g/mol. The zero-order valence-electron chi connectivity index (χ0n) is 26.3. The molecule has 1 heterocycles. The smallest absolute Gasteiger partial charge is 0.254 e. The number of para-hydroxylation sites is 1. The Kier molecular flexibility index (Phi) is 9.77. The zero-order valence-corrected chi connectivity index (χ0v) is 26.3. The Bertz CT molecular complexity index is 1480. The fourth-order valence-electron chi connectivity index (χ4n) is 5.18. The molecule has 0 aliphatic carbocycles. The molecule has 4 rings (SSSR count). The molecule has 1 atom stereocenters. The number of carbonyl (C=O) groups is 2. The SMILES string of the molecule is CCC(C)N(CC(=O)N(CCc1c[nH]c2ccccc12)Cc1ccc(N(C)C)cc1)C(=O)c1ccc(C(C)(C)C)cc1. The molecule has 6 heteroatoms. The number of H-pyrrole nitrogens is 1. The van der Waals surface area contributed by atoms with Gasteiger partial charge in [0.1, 0.15) is 6.54 Å². The van der Waals surface area contributed by atoms with Crippen molar-refractivity contribution in [3.63, 3.8) is 0 Å². The number of benzene rings is 3. The Labute approximate surface area is 251 Å². The van der Waals surface area contributed by atoms with E-state index in [0.29, 0.717) is 18.7 Å². The quantitative estimate of drug-likeness (QED) is 0.212. The van der Waals surface area contributed by atoms with Crippen LogP contribution < -0.4 is 4.90 Å². The number of rotatable bonds is 11. The molecule has 0 saturated carbocycles. The second-order valence-electron chi connectivity index (χ2n) is 12.5. The van der Waals surface area contributed by atoms with Crippen molar-refractivity contribution in [3.8, 4) is 0 Å². The minimum Gasteiger partial charge on any atom is -0.378 e. The molecule has 4 aromatic rings. The summed E-state index contributed by atoms with van der Waals surface area (Å²) in [5, 5.41) is 1.18. The van der Waals surface area contributed by atoms with Crippen LogP contribution in [0.15, 0.2) is 79.0 Å². The lowest BCUT2D eigenvalue weighted by atomic mass is 9.86. The molecular formula is C36H46N4O2. The van der Waals surface area contributed by atoms with Gasteiger partial charge in [0.15, 0.2) is 0 Å². The Morgan fingerprint density at radius 1 is 0.905 bits per heavy atom. The molecule has 0 aliphatic rings. The maximum atomic E-state index is 14.0. The summed E-state index contributed by atoms with van der Waals surface area (Å²) in [4.78, 5) is 36.8. The van der Waals surface area contributed by atoms with E-state index >= 15 is 0 Å². The average molecular weight is 567 g/mol. The fourth-order valence-corrected chi connectivity index (χ4v) is 5.18. The van der Waals surface area contributed by atoms with Gasteiger partial charge >= 0.3 is 0 Å². The number of amides is 2.